The van der Waals surface area contributed by atoms with Crippen LogP contribution in [0, 0.1) is 0 Å². The Hall–Kier alpha value is -2.76. The predicted octanol–water partition coefficient (Wildman–Crippen LogP) is 2.06. The molecule has 2 N–H and O–H groups in total. The molecule has 0 spiro atoms. The quantitative estimate of drug-likeness (QED) is 0.862. The zero-order chi connectivity index (χ0) is 16.2. The Balaban J connectivity index is 1.65. The zero-order valence-corrected chi connectivity index (χ0v) is 12.8. The number of rotatable bonds is 2. The molecule has 0 unspecified atom stereocenters. The van der Waals surface area contributed by atoms with E-state index in [-0.39, 0.29) is 5.91 Å². The van der Waals surface area contributed by atoms with Gasteiger partial charge in [0.05, 0.1) is 0 Å². The van der Waals surface area contributed by atoms with E-state index in [1.54, 1.807) is 15.9 Å². The fourth-order valence-corrected chi connectivity index (χ4v) is 2.70. The molecule has 3 amide bonds. The first-order valence-corrected chi connectivity index (χ1v) is 7.63. The molecule has 6 heteroatoms. The Bertz CT molecular complexity index is 717. The standard InChI is InChI=1S/C17H19N3O3/c18-17(22)20-9-3-8-19(10-11-20)16(21)7-6-14-12-13-4-1-2-5-15(13)23-14/h1-2,4-7,12H,3,8-11H2,(H2,18,22)/b7-6+. The second kappa shape index (κ2) is 6.56. The molecular weight excluding hydrogens is 294 g/mol. The fourth-order valence-electron chi connectivity index (χ4n) is 2.70. The Labute approximate surface area is 134 Å². The number of para-hydroxylation sites is 1. The first-order valence-electron chi connectivity index (χ1n) is 7.63. The van der Waals surface area contributed by atoms with Gasteiger partial charge >= 0.3 is 6.03 Å². The lowest BCUT2D eigenvalue weighted by atomic mass is 10.2. The van der Waals surface area contributed by atoms with Crippen LogP contribution in [0.5, 0.6) is 0 Å². The number of furan rings is 1. The number of nitrogens with zero attached hydrogens (tertiary/aromatic N) is 2. The molecule has 2 aromatic rings. The topological polar surface area (TPSA) is 79.8 Å². The van der Waals surface area contributed by atoms with Crippen LogP contribution in [0.15, 0.2) is 40.8 Å². The van der Waals surface area contributed by atoms with Gasteiger partial charge in [-0.15, -0.1) is 0 Å². The van der Waals surface area contributed by atoms with Gasteiger partial charge in [-0.1, -0.05) is 18.2 Å². The van der Waals surface area contributed by atoms with Gasteiger partial charge in [-0.3, -0.25) is 4.79 Å². The first-order chi connectivity index (χ1) is 11.1. The minimum atomic E-state index is -0.433. The number of benzene rings is 1. The molecule has 1 aliphatic heterocycles. The van der Waals surface area contributed by atoms with Gasteiger partial charge < -0.3 is 20.0 Å². The van der Waals surface area contributed by atoms with Gasteiger partial charge in [0, 0.05) is 37.6 Å². The average molecular weight is 313 g/mol. The van der Waals surface area contributed by atoms with Crippen molar-refractivity contribution in [2.45, 2.75) is 6.42 Å². The molecule has 0 aliphatic carbocycles. The molecule has 0 saturated carbocycles. The third-order valence-corrected chi connectivity index (χ3v) is 3.95. The maximum atomic E-state index is 12.3. The van der Waals surface area contributed by atoms with E-state index in [0.29, 0.717) is 31.9 Å². The van der Waals surface area contributed by atoms with Gasteiger partial charge in [0.1, 0.15) is 11.3 Å². The smallest absolute Gasteiger partial charge is 0.314 e. The molecule has 3 rings (SSSR count). The van der Waals surface area contributed by atoms with Gasteiger partial charge in [-0.25, -0.2) is 4.79 Å². The van der Waals surface area contributed by atoms with Crippen molar-refractivity contribution in [3.05, 3.63) is 42.2 Å². The first kappa shape index (κ1) is 15.1. The Morgan fingerprint density at radius 1 is 1.09 bits per heavy atom. The van der Waals surface area contributed by atoms with E-state index in [9.17, 15) is 9.59 Å². The molecular formula is C17H19N3O3. The van der Waals surface area contributed by atoms with Crippen LogP contribution in [-0.4, -0.2) is 47.9 Å². The highest BCUT2D eigenvalue weighted by Crippen LogP contribution is 2.19. The van der Waals surface area contributed by atoms with E-state index in [1.165, 1.54) is 6.08 Å². The maximum Gasteiger partial charge on any atom is 0.314 e. The van der Waals surface area contributed by atoms with Gasteiger partial charge in [-0.05, 0) is 24.6 Å². The SMILES string of the molecule is NC(=O)N1CCCN(C(=O)/C=C/c2cc3ccccc3o2)CC1. The summed E-state index contributed by atoms with van der Waals surface area (Å²) >= 11 is 0. The highest BCUT2D eigenvalue weighted by Gasteiger charge is 2.19. The average Bonchev–Trinajstić information content (AvgIpc) is 2.79. The maximum absolute atomic E-state index is 12.3. The molecule has 23 heavy (non-hydrogen) atoms. The van der Waals surface area contributed by atoms with E-state index < -0.39 is 6.03 Å². The van der Waals surface area contributed by atoms with Crippen LogP contribution in [0.2, 0.25) is 0 Å². The third kappa shape index (κ3) is 3.53. The lowest BCUT2D eigenvalue weighted by Crippen LogP contribution is -2.39. The van der Waals surface area contributed by atoms with Crippen LogP contribution in [0.4, 0.5) is 4.79 Å². The number of urea groups is 1. The van der Waals surface area contributed by atoms with Crippen molar-refractivity contribution in [3.63, 3.8) is 0 Å². The predicted molar refractivity (Wildman–Crippen MR) is 87.6 cm³/mol. The molecule has 1 saturated heterocycles. The molecule has 0 radical (unpaired) electrons. The van der Waals surface area contributed by atoms with E-state index in [0.717, 1.165) is 17.4 Å². The van der Waals surface area contributed by atoms with Crippen LogP contribution in [0.3, 0.4) is 0 Å². The molecule has 0 atom stereocenters. The van der Waals surface area contributed by atoms with Crippen molar-refractivity contribution in [1.82, 2.24) is 9.80 Å². The molecule has 2 heterocycles. The molecule has 120 valence electrons. The summed E-state index contributed by atoms with van der Waals surface area (Å²) in [6.07, 6.45) is 3.92. The summed E-state index contributed by atoms with van der Waals surface area (Å²) in [6, 6.07) is 9.17. The third-order valence-electron chi connectivity index (χ3n) is 3.95. The van der Waals surface area contributed by atoms with E-state index in [2.05, 4.69) is 0 Å². The summed E-state index contributed by atoms with van der Waals surface area (Å²) in [7, 11) is 0. The second-order valence-corrected chi connectivity index (χ2v) is 5.52. The van der Waals surface area contributed by atoms with Crippen LogP contribution in [-0.2, 0) is 4.79 Å². The summed E-state index contributed by atoms with van der Waals surface area (Å²) < 4.78 is 5.65. The van der Waals surface area contributed by atoms with Crippen molar-refractivity contribution in [3.8, 4) is 0 Å². The van der Waals surface area contributed by atoms with Crippen molar-refractivity contribution in [2.24, 2.45) is 5.73 Å². The largest absolute Gasteiger partial charge is 0.457 e. The minimum absolute atomic E-state index is 0.0863. The number of hydrogen-bond acceptors (Lipinski definition) is 3. The number of amides is 3. The highest BCUT2D eigenvalue weighted by molar-refractivity contribution is 5.92. The van der Waals surface area contributed by atoms with Gasteiger partial charge in [0.2, 0.25) is 5.91 Å². The number of carbonyl (C=O) groups is 2. The summed E-state index contributed by atoms with van der Waals surface area (Å²) in [5, 5.41) is 1.01. The summed E-state index contributed by atoms with van der Waals surface area (Å²) in [4.78, 5) is 26.8. The monoisotopic (exact) mass is 313 g/mol. The highest BCUT2D eigenvalue weighted by atomic mass is 16.3. The summed E-state index contributed by atoms with van der Waals surface area (Å²) in [5.74, 6) is 0.560. The normalized spacial score (nSPS) is 16.0. The number of nitrogens with two attached hydrogens (primary N) is 1. The van der Waals surface area contributed by atoms with Crippen LogP contribution >= 0.6 is 0 Å². The van der Waals surface area contributed by atoms with Crippen molar-refractivity contribution in [1.29, 1.82) is 0 Å². The van der Waals surface area contributed by atoms with Crippen molar-refractivity contribution < 1.29 is 14.0 Å². The zero-order valence-electron chi connectivity index (χ0n) is 12.8. The lowest BCUT2D eigenvalue weighted by molar-refractivity contribution is -0.125. The van der Waals surface area contributed by atoms with E-state index in [4.69, 9.17) is 10.2 Å². The molecule has 1 fully saturated rings. The van der Waals surface area contributed by atoms with Gasteiger partial charge in [0.25, 0.3) is 0 Å². The number of carbonyl (C=O) groups excluding carboxylic acids is 2. The number of primary amides is 1. The van der Waals surface area contributed by atoms with Crippen molar-refractivity contribution in [2.75, 3.05) is 26.2 Å². The number of hydrogen-bond donors (Lipinski definition) is 1. The van der Waals surface area contributed by atoms with Crippen LogP contribution in [0.25, 0.3) is 17.0 Å². The summed E-state index contributed by atoms with van der Waals surface area (Å²) in [5.41, 5.74) is 6.08. The lowest BCUT2D eigenvalue weighted by Gasteiger charge is -2.19. The number of fused-ring (bicyclic) bond motifs is 1. The van der Waals surface area contributed by atoms with E-state index >= 15 is 0 Å². The summed E-state index contributed by atoms with van der Waals surface area (Å²) in [6.45, 7) is 2.17. The minimum Gasteiger partial charge on any atom is -0.457 e. The van der Waals surface area contributed by atoms with Crippen molar-refractivity contribution >= 4 is 29.0 Å². The second-order valence-electron chi connectivity index (χ2n) is 5.52. The Morgan fingerprint density at radius 3 is 2.61 bits per heavy atom. The molecule has 1 aromatic heterocycles. The van der Waals surface area contributed by atoms with E-state index in [1.807, 2.05) is 30.3 Å². The Morgan fingerprint density at radius 2 is 1.83 bits per heavy atom. The van der Waals surface area contributed by atoms with Gasteiger partial charge in [0.15, 0.2) is 0 Å². The fraction of sp³-hybridized carbons (Fsp3) is 0.294. The Kier molecular flexibility index (Phi) is 4.32. The van der Waals surface area contributed by atoms with Gasteiger partial charge in [-0.2, -0.15) is 0 Å². The molecule has 6 nitrogen and oxygen atoms in total. The molecule has 1 aromatic carbocycles. The van der Waals surface area contributed by atoms with Crippen LogP contribution in [0.1, 0.15) is 12.2 Å². The van der Waals surface area contributed by atoms with Crippen LogP contribution < -0.4 is 5.73 Å². The molecule has 0 bridgehead atoms. The molecule has 1 aliphatic rings.